The minimum Gasteiger partial charge on any atom is -0.299 e. The number of aromatic nitrogens is 2. The first-order valence-electron chi connectivity index (χ1n) is 6.42. The van der Waals surface area contributed by atoms with Gasteiger partial charge in [-0.15, -0.1) is 10.2 Å². The second-order valence-electron chi connectivity index (χ2n) is 4.87. The van der Waals surface area contributed by atoms with Crippen LogP contribution in [-0.2, 0) is 21.1 Å². The normalized spacial score (nSPS) is 21.2. The molecule has 1 aliphatic heterocycles. The average Bonchev–Trinajstić information content (AvgIpc) is 2.95. The first-order chi connectivity index (χ1) is 9.39. The standard InChI is InChI=1S/C11H18N4O3S2/c1-3-10-13-14-11(19-10)12-9(16)6-15(2)8-4-5-20(17,18)7-8/h8H,3-7H2,1-2H3,(H,12,14,16). The lowest BCUT2D eigenvalue weighted by Gasteiger charge is -2.21. The smallest absolute Gasteiger partial charge is 0.240 e. The molecular formula is C11H18N4O3S2. The summed E-state index contributed by atoms with van der Waals surface area (Å²) in [7, 11) is -1.16. The van der Waals surface area contributed by atoms with Crippen molar-refractivity contribution in [1.29, 1.82) is 0 Å². The Morgan fingerprint density at radius 3 is 2.80 bits per heavy atom. The zero-order valence-corrected chi connectivity index (χ0v) is 13.1. The molecule has 0 bridgehead atoms. The summed E-state index contributed by atoms with van der Waals surface area (Å²) in [6.45, 7) is 2.13. The first kappa shape index (κ1) is 15.3. The van der Waals surface area contributed by atoms with E-state index in [9.17, 15) is 13.2 Å². The van der Waals surface area contributed by atoms with Gasteiger partial charge in [-0.3, -0.25) is 15.0 Å². The third-order valence-electron chi connectivity index (χ3n) is 3.24. The van der Waals surface area contributed by atoms with Gasteiger partial charge in [0.15, 0.2) is 9.84 Å². The zero-order chi connectivity index (χ0) is 14.8. The molecule has 1 aromatic heterocycles. The van der Waals surface area contributed by atoms with Gasteiger partial charge in [-0.05, 0) is 19.9 Å². The van der Waals surface area contributed by atoms with E-state index in [2.05, 4.69) is 15.5 Å². The van der Waals surface area contributed by atoms with Gasteiger partial charge < -0.3 is 0 Å². The van der Waals surface area contributed by atoms with Crippen LogP contribution in [0.5, 0.6) is 0 Å². The molecule has 1 saturated heterocycles. The van der Waals surface area contributed by atoms with Gasteiger partial charge in [-0.1, -0.05) is 18.3 Å². The van der Waals surface area contributed by atoms with Crippen molar-refractivity contribution in [2.24, 2.45) is 0 Å². The molecule has 1 fully saturated rings. The van der Waals surface area contributed by atoms with Crippen molar-refractivity contribution in [2.45, 2.75) is 25.8 Å². The van der Waals surface area contributed by atoms with Gasteiger partial charge in [0.1, 0.15) is 5.01 Å². The van der Waals surface area contributed by atoms with Crippen molar-refractivity contribution in [3.8, 4) is 0 Å². The summed E-state index contributed by atoms with van der Waals surface area (Å²) in [5.41, 5.74) is 0. The molecular weight excluding hydrogens is 300 g/mol. The van der Waals surface area contributed by atoms with E-state index in [-0.39, 0.29) is 30.0 Å². The number of rotatable bonds is 5. The topological polar surface area (TPSA) is 92.3 Å². The highest BCUT2D eigenvalue weighted by molar-refractivity contribution is 7.91. The Morgan fingerprint density at radius 2 is 2.25 bits per heavy atom. The number of amides is 1. The molecule has 2 rings (SSSR count). The fourth-order valence-corrected chi connectivity index (χ4v) is 4.59. The van der Waals surface area contributed by atoms with Crippen molar-refractivity contribution >= 4 is 32.2 Å². The fraction of sp³-hybridized carbons (Fsp3) is 0.727. The van der Waals surface area contributed by atoms with Gasteiger partial charge >= 0.3 is 0 Å². The molecule has 0 radical (unpaired) electrons. The quantitative estimate of drug-likeness (QED) is 0.831. The number of hydrogen-bond donors (Lipinski definition) is 1. The summed E-state index contributed by atoms with van der Waals surface area (Å²) in [6.07, 6.45) is 1.37. The van der Waals surface area contributed by atoms with E-state index in [1.54, 1.807) is 11.9 Å². The minimum absolute atomic E-state index is 0.0774. The summed E-state index contributed by atoms with van der Waals surface area (Å²) in [5, 5.41) is 11.8. The summed E-state index contributed by atoms with van der Waals surface area (Å²) >= 11 is 1.35. The van der Waals surface area contributed by atoms with Crippen LogP contribution in [0.1, 0.15) is 18.4 Å². The van der Waals surface area contributed by atoms with E-state index < -0.39 is 9.84 Å². The van der Waals surface area contributed by atoms with Crippen LogP contribution >= 0.6 is 11.3 Å². The molecule has 1 N–H and O–H groups in total. The van der Waals surface area contributed by atoms with E-state index >= 15 is 0 Å². The Balaban J connectivity index is 1.85. The highest BCUT2D eigenvalue weighted by Gasteiger charge is 2.31. The second-order valence-corrected chi connectivity index (χ2v) is 8.17. The second kappa shape index (κ2) is 6.15. The van der Waals surface area contributed by atoms with Crippen LogP contribution in [0, 0.1) is 0 Å². The molecule has 0 aromatic carbocycles. The van der Waals surface area contributed by atoms with Crippen LogP contribution in [0.4, 0.5) is 5.13 Å². The number of carbonyl (C=O) groups is 1. The number of aryl methyl sites for hydroxylation is 1. The Hall–Kier alpha value is -1.06. The molecule has 0 saturated carbocycles. The van der Waals surface area contributed by atoms with Crippen LogP contribution in [0.15, 0.2) is 0 Å². The van der Waals surface area contributed by atoms with Crippen LogP contribution in [0.3, 0.4) is 0 Å². The lowest BCUT2D eigenvalue weighted by atomic mass is 10.2. The largest absolute Gasteiger partial charge is 0.299 e. The molecule has 7 nitrogen and oxygen atoms in total. The average molecular weight is 318 g/mol. The maximum absolute atomic E-state index is 11.9. The van der Waals surface area contributed by atoms with Gasteiger partial charge in [0, 0.05) is 6.04 Å². The van der Waals surface area contributed by atoms with Crippen molar-refractivity contribution in [3.63, 3.8) is 0 Å². The number of nitrogens with one attached hydrogen (secondary N) is 1. The maximum Gasteiger partial charge on any atom is 0.240 e. The van der Waals surface area contributed by atoms with Crippen LogP contribution in [0.2, 0.25) is 0 Å². The highest BCUT2D eigenvalue weighted by atomic mass is 32.2. The monoisotopic (exact) mass is 318 g/mol. The van der Waals surface area contributed by atoms with Crippen molar-refractivity contribution in [2.75, 3.05) is 30.4 Å². The molecule has 0 spiro atoms. The number of sulfone groups is 1. The van der Waals surface area contributed by atoms with E-state index in [1.807, 2.05) is 6.92 Å². The predicted octanol–water partition coefficient (Wildman–Crippen LogP) is 0.158. The zero-order valence-electron chi connectivity index (χ0n) is 11.5. The number of likely N-dealkylation sites (N-methyl/N-ethyl adjacent to an activating group) is 1. The van der Waals surface area contributed by atoms with E-state index in [4.69, 9.17) is 0 Å². The van der Waals surface area contributed by atoms with Gasteiger partial charge in [0.05, 0.1) is 18.1 Å². The summed E-state index contributed by atoms with van der Waals surface area (Å²) < 4.78 is 22.8. The molecule has 112 valence electrons. The van der Waals surface area contributed by atoms with E-state index in [1.165, 1.54) is 11.3 Å². The van der Waals surface area contributed by atoms with Gasteiger partial charge in [-0.25, -0.2) is 8.42 Å². The molecule has 1 atom stereocenters. The number of carbonyl (C=O) groups excluding carboxylic acids is 1. The SMILES string of the molecule is CCc1nnc(NC(=O)CN(C)C2CCS(=O)(=O)C2)s1. The summed E-state index contributed by atoms with van der Waals surface area (Å²) in [5.74, 6) is 0.144. The van der Waals surface area contributed by atoms with Crippen molar-refractivity contribution in [1.82, 2.24) is 15.1 Å². The molecule has 2 heterocycles. The third kappa shape index (κ3) is 3.97. The number of anilines is 1. The number of hydrogen-bond acceptors (Lipinski definition) is 7. The molecule has 1 amide bonds. The van der Waals surface area contributed by atoms with Gasteiger partial charge in [0.25, 0.3) is 0 Å². The first-order valence-corrected chi connectivity index (χ1v) is 9.06. The van der Waals surface area contributed by atoms with Gasteiger partial charge in [0.2, 0.25) is 11.0 Å². The molecule has 1 aliphatic rings. The van der Waals surface area contributed by atoms with Crippen LogP contribution in [-0.4, -0.2) is 60.6 Å². The maximum atomic E-state index is 11.9. The fourth-order valence-electron chi connectivity index (χ4n) is 2.08. The van der Waals surface area contributed by atoms with Crippen LogP contribution in [0.25, 0.3) is 0 Å². The summed E-state index contributed by atoms with van der Waals surface area (Å²) in [6, 6.07) is -0.0774. The lowest BCUT2D eigenvalue weighted by Crippen LogP contribution is -2.38. The van der Waals surface area contributed by atoms with Crippen molar-refractivity contribution in [3.05, 3.63) is 5.01 Å². The lowest BCUT2D eigenvalue weighted by molar-refractivity contribution is -0.117. The van der Waals surface area contributed by atoms with Crippen LogP contribution < -0.4 is 5.32 Å². The number of nitrogens with zero attached hydrogens (tertiary/aromatic N) is 3. The molecule has 1 unspecified atom stereocenters. The highest BCUT2D eigenvalue weighted by Crippen LogP contribution is 2.17. The Kier molecular flexibility index (Phi) is 4.71. The van der Waals surface area contributed by atoms with Crippen molar-refractivity contribution < 1.29 is 13.2 Å². The molecule has 0 aliphatic carbocycles. The Morgan fingerprint density at radius 1 is 1.50 bits per heavy atom. The van der Waals surface area contributed by atoms with E-state index in [0.29, 0.717) is 11.6 Å². The molecule has 20 heavy (non-hydrogen) atoms. The predicted molar refractivity (Wildman–Crippen MR) is 77.6 cm³/mol. The minimum atomic E-state index is -2.93. The third-order valence-corrected chi connectivity index (χ3v) is 5.97. The Labute approximate surface area is 122 Å². The molecule has 9 heteroatoms. The summed E-state index contributed by atoms with van der Waals surface area (Å²) in [4.78, 5) is 13.7. The van der Waals surface area contributed by atoms with Gasteiger partial charge in [-0.2, -0.15) is 0 Å². The Bertz CT molecular complexity index is 584. The molecule has 1 aromatic rings. The van der Waals surface area contributed by atoms with E-state index in [0.717, 1.165) is 11.4 Å².